The summed E-state index contributed by atoms with van der Waals surface area (Å²) in [5, 5.41) is 7.86. The molecule has 21 heavy (non-hydrogen) atoms. The van der Waals surface area contributed by atoms with Crippen molar-refractivity contribution < 1.29 is 9.47 Å². The van der Waals surface area contributed by atoms with Gasteiger partial charge in [-0.25, -0.2) is 0 Å². The second kappa shape index (κ2) is 6.63. The Balaban J connectivity index is 2.43. The third kappa shape index (κ3) is 3.03. The summed E-state index contributed by atoms with van der Waals surface area (Å²) in [6, 6.07) is 8.16. The lowest BCUT2D eigenvalue weighted by Crippen LogP contribution is -2.20. The first-order chi connectivity index (χ1) is 10.1. The standard InChI is InChI=1S/C16H23N3O2/c1-6-12-10-13(19(3)18-12)16(17-2)11-7-8-14(20-4)15(9-11)21-5/h7-10,16-17H,6H2,1-5H3. The number of hydrogen-bond donors (Lipinski definition) is 1. The number of aryl methyl sites for hydroxylation is 2. The van der Waals surface area contributed by atoms with Crippen LogP contribution in [0.15, 0.2) is 24.3 Å². The minimum Gasteiger partial charge on any atom is -0.493 e. The van der Waals surface area contributed by atoms with E-state index in [1.807, 2.05) is 37.0 Å². The molecule has 2 aromatic rings. The molecule has 5 heteroatoms. The molecule has 0 aliphatic heterocycles. The van der Waals surface area contributed by atoms with Gasteiger partial charge in [0.05, 0.1) is 31.6 Å². The van der Waals surface area contributed by atoms with E-state index in [0.717, 1.165) is 34.9 Å². The maximum Gasteiger partial charge on any atom is 0.161 e. The number of ether oxygens (including phenoxy) is 2. The van der Waals surface area contributed by atoms with Crippen LogP contribution in [0.2, 0.25) is 0 Å². The number of rotatable bonds is 6. The van der Waals surface area contributed by atoms with E-state index in [0.29, 0.717) is 0 Å². The molecule has 0 saturated heterocycles. The number of aromatic nitrogens is 2. The zero-order valence-electron chi connectivity index (χ0n) is 13.3. The number of hydrogen-bond acceptors (Lipinski definition) is 4. The van der Waals surface area contributed by atoms with Crippen LogP contribution in [0.5, 0.6) is 11.5 Å². The lowest BCUT2D eigenvalue weighted by Gasteiger charge is -2.18. The molecule has 0 saturated carbocycles. The molecule has 114 valence electrons. The second-order valence-electron chi connectivity index (χ2n) is 4.87. The van der Waals surface area contributed by atoms with Crippen molar-refractivity contribution in [2.24, 2.45) is 7.05 Å². The number of benzene rings is 1. The van der Waals surface area contributed by atoms with Gasteiger partial charge in [-0.15, -0.1) is 0 Å². The molecule has 1 aromatic heterocycles. The smallest absolute Gasteiger partial charge is 0.161 e. The van der Waals surface area contributed by atoms with Crippen LogP contribution < -0.4 is 14.8 Å². The molecule has 0 radical (unpaired) electrons. The fourth-order valence-electron chi connectivity index (χ4n) is 2.50. The summed E-state index contributed by atoms with van der Waals surface area (Å²) in [5.74, 6) is 1.46. The van der Waals surface area contributed by atoms with E-state index in [4.69, 9.17) is 9.47 Å². The largest absolute Gasteiger partial charge is 0.493 e. The van der Waals surface area contributed by atoms with Crippen molar-refractivity contribution in [3.05, 3.63) is 41.2 Å². The van der Waals surface area contributed by atoms with E-state index < -0.39 is 0 Å². The molecule has 1 atom stereocenters. The highest BCUT2D eigenvalue weighted by Crippen LogP contribution is 2.32. The molecular formula is C16H23N3O2. The summed E-state index contributed by atoms with van der Waals surface area (Å²) in [7, 11) is 7.20. The van der Waals surface area contributed by atoms with Gasteiger partial charge in [0, 0.05) is 7.05 Å². The van der Waals surface area contributed by atoms with Gasteiger partial charge >= 0.3 is 0 Å². The quantitative estimate of drug-likeness (QED) is 0.886. The van der Waals surface area contributed by atoms with Gasteiger partial charge in [-0.05, 0) is 37.2 Å². The van der Waals surface area contributed by atoms with E-state index in [9.17, 15) is 0 Å². The van der Waals surface area contributed by atoms with Crippen LogP contribution in [0.4, 0.5) is 0 Å². The maximum absolute atomic E-state index is 5.39. The van der Waals surface area contributed by atoms with Crippen LogP contribution in [0.25, 0.3) is 0 Å². The monoisotopic (exact) mass is 289 g/mol. The van der Waals surface area contributed by atoms with Crippen LogP contribution in [-0.2, 0) is 13.5 Å². The Kier molecular flexibility index (Phi) is 4.85. The predicted molar refractivity (Wildman–Crippen MR) is 83.0 cm³/mol. The van der Waals surface area contributed by atoms with Crippen molar-refractivity contribution in [3.8, 4) is 11.5 Å². The van der Waals surface area contributed by atoms with Crippen LogP contribution in [-0.4, -0.2) is 31.0 Å². The zero-order valence-corrected chi connectivity index (χ0v) is 13.3. The normalized spacial score (nSPS) is 12.2. The van der Waals surface area contributed by atoms with Gasteiger partial charge in [0.25, 0.3) is 0 Å². The average Bonchev–Trinajstić information content (AvgIpc) is 2.89. The summed E-state index contributed by atoms with van der Waals surface area (Å²) in [6.45, 7) is 2.11. The summed E-state index contributed by atoms with van der Waals surface area (Å²) in [6.07, 6.45) is 0.927. The van der Waals surface area contributed by atoms with Gasteiger partial charge in [-0.3, -0.25) is 4.68 Å². The molecule has 0 aliphatic rings. The molecule has 0 aliphatic carbocycles. The highest BCUT2D eigenvalue weighted by molar-refractivity contribution is 5.45. The van der Waals surface area contributed by atoms with Crippen LogP contribution in [0.1, 0.15) is 29.9 Å². The number of methoxy groups -OCH3 is 2. The lowest BCUT2D eigenvalue weighted by molar-refractivity contribution is 0.354. The van der Waals surface area contributed by atoms with Gasteiger partial charge in [-0.1, -0.05) is 13.0 Å². The molecule has 0 amide bonds. The molecule has 1 unspecified atom stereocenters. The summed E-state index contributed by atoms with van der Waals surface area (Å²) in [4.78, 5) is 0. The van der Waals surface area contributed by atoms with E-state index in [1.165, 1.54) is 0 Å². The SMILES string of the molecule is CCc1cc(C(NC)c2ccc(OC)c(OC)c2)n(C)n1. The Bertz CT molecular complexity index is 608. The summed E-state index contributed by atoms with van der Waals surface area (Å²) in [5.41, 5.74) is 3.33. The van der Waals surface area contributed by atoms with Gasteiger partial charge in [0.15, 0.2) is 11.5 Å². The van der Waals surface area contributed by atoms with E-state index in [1.54, 1.807) is 14.2 Å². The third-order valence-corrected chi connectivity index (χ3v) is 3.65. The topological polar surface area (TPSA) is 48.3 Å². The third-order valence-electron chi connectivity index (χ3n) is 3.65. The molecule has 1 heterocycles. The molecule has 0 bridgehead atoms. The Morgan fingerprint density at radius 3 is 2.43 bits per heavy atom. The maximum atomic E-state index is 5.39. The van der Waals surface area contributed by atoms with Crippen molar-refractivity contribution in [2.45, 2.75) is 19.4 Å². The highest BCUT2D eigenvalue weighted by Gasteiger charge is 2.18. The lowest BCUT2D eigenvalue weighted by atomic mass is 10.0. The van der Waals surface area contributed by atoms with Crippen LogP contribution in [0.3, 0.4) is 0 Å². The van der Waals surface area contributed by atoms with E-state index in [-0.39, 0.29) is 6.04 Å². The van der Waals surface area contributed by atoms with Crippen molar-refractivity contribution in [3.63, 3.8) is 0 Å². The zero-order chi connectivity index (χ0) is 15.4. The Hall–Kier alpha value is -2.01. The fraction of sp³-hybridized carbons (Fsp3) is 0.438. The number of nitrogens with one attached hydrogen (secondary N) is 1. The van der Waals surface area contributed by atoms with Crippen molar-refractivity contribution >= 4 is 0 Å². The van der Waals surface area contributed by atoms with Crippen LogP contribution in [0, 0.1) is 0 Å². The summed E-state index contributed by atoms with van der Waals surface area (Å²) < 4.78 is 12.6. The first-order valence-electron chi connectivity index (χ1n) is 7.06. The molecule has 0 spiro atoms. The Morgan fingerprint density at radius 2 is 1.90 bits per heavy atom. The van der Waals surface area contributed by atoms with Crippen LogP contribution >= 0.6 is 0 Å². The van der Waals surface area contributed by atoms with E-state index in [2.05, 4.69) is 23.4 Å². The van der Waals surface area contributed by atoms with Gasteiger partial charge in [0.2, 0.25) is 0 Å². The second-order valence-corrected chi connectivity index (χ2v) is 4.87. The molecule has 5 nitrogen and oxygen atoms in total. The van der Waals surface area contributed by atoms with Crippen molar-refractivity contribution in [1.29, 1.82) is 0 Å². The highest BCUT2D eigenvalue weighted by atomic mass is 16.5. The van der Waals surface area contributed by atoms with Gasteiger partial charge in [-0.2, -0.15) is 5.10 Å². The molecular weight excluding hydrogens is 266 g/mol. The predicted octanol–water partition coefficient (Wildman–Crippen LogP) is 2.31. The minimum absolute atomic E-state index is 0.0580. The Morgan fingerprint density at radius 1 is 1.19 bits per heavy atom. The van der Waals surface area contributed by atoms with Gasteiger partial charge in [0.1, 0.15) is 0 Å². The molecule has 0 fully saturated rings. The number of nitrogens with zero attached hydrogens (tertiary/aromatic N) is 2. The van der Waals surface area contributed by atoms with Crippen molar-refractivity contribution in [1.82, 2.24) is 15.1 Å². The molecule has 1 N–H and O–H groups in total. The molecule has 1 aromatic carbocycles. The fourth-order valence-corrected chi connectivity index (χ4v) is 2.50. The van der Waals surface area contributed by atoms with Crippen molar-refractivity contribution in [2.75, 3.05) is 21.3 Å². The minimum atomic E-state index is 0.0580. The Labute approximate surface area is 125 Å². The van der Waals surface area contributed by atoms with E-state index >= 15 is 0 Å². The average molecular weight is 289 g/mol. The van der Waals surface area contributed by atoms with Gasteiger partial charge < -0.3 is 14.8 Å². The summed E-state index contributed by atoms with van der Waals surface area (Å²) >= 11 is 0. The molecule has 2 rings (SSSR count). The first kappa shape index (κ1) is 15.4. The first-order valence-corrected chi connectivity index (χ1v) is 7.06.